The van der Waals surface area contributed by atoms with Crippen LogP contribution in [-0.4, -0.2) is 18.0 Å². The summed E-state index contributed by atoms with van der Waals surface area (Å²) in [6, 6.07) is 15.6. The van der Waals surface area contributed by atoms with Crippen LogP contribution in [0.4, 0.5) is 0 Å². The molecule has 0 atom stereocenters. The van der Waals surface area contributed by atoms with Crippen LogP contribution in [0.3, 0.4) is 0 Å². The summed E-state index contributed by atoms with van der Waals surface area (Å²) >= 11 is 7.60. The van der Waals surface area contributed by atoms with Crippen LogP contribution in [0.15, 0.2) is 53.9 Å². The number of carbonyl (C=O) groups is 1. The number of nitrogens with one attached hydrogen (secondary N) is 1. The Labute approximate surface area is 166 Å². The molecule has 1 heterocycles. The van der Waals surface area contributed by atoms with Crippen molar-refractivity contribution in [2.75, 3.05) is 7.11 Å². The Hall–Kier alpha value is -2.41. The number of carbonyl (C=O) groups excluding carboxylic acids is 1. The Morgan fingerprint density at radius 2 is 2.00 bits per heavy atom. The third-order valence-electron chi connectivity index (χ3n) is 3.85. The fraction of sp³-hybridized carbons (Fsp3) is 0.200. The van der Waals surface area contributed by atoms with Crippen molar-refractivity contribution < 1.29 is 14.4 Å². The van der Waals surface area contributed by atoms with Gasteiger partial charge in [0.2, 0.25) is 0 Å². The average molecular weight is 403 g/mol. The molecule has 1 aromatic heterocycles. The van der Waals surface area contributed by atoms with Crippen molar-refractivity contribution in [3.05, 3.63) is 80.8 Å². The minimum absolute atomic E-state index is 0.350. The fourth-order valence-electron chi connectivity index (χ4n) is 2.54. The molecule has 3 rings (SSSR count). The third kappa shape index (κ3) is 5.53. The summed E-state index contributed by atoms with van der Waals surface area (Å²) in [6.07, 6.45) is 1.40. The third-order valence-corrected chi connectivity index (χ3v) is 4.99. The number of aryl methyl sites for hydroxylation is 2. The predicted octanol–water partition coefficient (Wildman–Crippen LogP) is 4.45. The average Bonchev–Trinajstić information content (AvgIpc) is 3.16. The van der Waals surface area contributed by atoms with Crippen LogP contribution in [0.25, 0.3) is 0 Å². The van der Waals surface area contributed by atoms with Gasteiger partial charge in [-0.05, 0) is 35.7 Å². The van der Waals surface area contributed by atoms with Crippen LogP contribution in [0.1, 0.15) is 26.6 Å². The predicted molar refractivity (Wildman–Crippen MR) is 106 cm³/mol. The number of nitrogens with zero attached hydrogens (tertiary/aromatic N) is 1. The van der Waals surface area contributed by atoms with E-state index in [2.05, 4.69) is 15.3 Å². The van der Waals surface area contributed by atoms with E-state index in [1.54, 1.807) is 5.38 Å². The van der Waals surface area contributed by atoms with Crippen molar-refractivity contribution in [3.8, 4) is 5.75 Å². The van der Waals surface area contributed by atoms with E-state index in [0.29, 0.717) is 30.2 Å². The highest BCUT2D eigenvalue weighted by molar-refractivity contribution is 7.09. The zero-order chi connectivity index (χ0) is 19.1. The first-order valence-electron chi connectivity index (χ1n) is 8.38. The summed E-state index contributed by atoms with van der Waals surface area (Å²) in [4.78, 5) is 20.7. The number of hydrogen-bond donors (Lipinski definition) is 1. The first kappa shape index (κ1) is 19.4. The molecule has 3 aromatic rings. The maximum absolute atomic E-state index is 11.7. The lowest BCUT2D eigenvalue weighted by Gasteiger charge is -2.12. The molecule has 0 bridgehead atoms. The van der Waals surface area contributed by atoms with E-state index in [0.717, 1.165) is 21.9 Å². The maximum atomic E-state index is 11.7. The molecular weight excluding hydrogens is 384 g/mol. The number of thiazole rings is 1. The van der Waals surface area contributed by atoms with Gasteiger partial charge in [-0.3, -0.25) is 9.63 Å². The summed E-state index contributed by atoms with van der Waals surface area (Å²) in [7, 11) is 1.39. The van der Waals surface area contributed by atoms with Gasteiger partial charge in [0, 0.05) is 16.8 Å². The summed E-state index contributed by atoms with van der Waals surface area (Å²) < 4.78 is 5.99. The fourth-order valence-corrected chi connectivity index (χ4v) is 3.51. The highest BCUT2D eigenvalue weighted by atomic mass is 35.5. The first-order valence-corrected chi connectivity index (χ1v) is 9.64. The number of halogens is 1. The van der Waals surface area contributed by atoms with Crippen LogP contribution in [0, 0.1) is 0 Å². The van der Waals surface area contributed by atoms with E-state index < -0.39 is 0 Å². The van der Waals surface area contributed by atoms with Crippen LogP contribution >= 0.6 is 22.9 Å². The summed E-state index contributed by atoms with van der Waals surface area (Å²) in [5.41, 5.74) is 4.73. The Kier molecular flexibility index (Phi) is 6.81. The van der Waals surface area contributed by atoms with Crippen molar-refractivity contribution in [2.45, 2.75) is 19.4 Å². The normalized spacial score (nSPS) is 10.6. The van der Waals surface area contributed by atoms with Crippen LogP contribution < -0.4 is 10.2 Å². The van der Waals surface area contributed by atoms with E-state index in [4.69, 9.17) is 16.3 Å². The molecule has 27 heavy (non-hydrogen) atoms. The largest absolute Gasteiger partial charge is 0.489 e. The molecule has 0 fully saturated rings. The first-order chi connectivity index (χ1) is 13.2. The second-order valence-corrected chi connectivity index (χ2v) is 7.17. The van der Waals surface area contributed by atoms with Crippen molar-refractivity contribution in [1.82, 2.24) is 10.5 Å². The van der Waals surface area contributed by atoms with Gasteiger partial charge in [0.05, 0.1) is 12.1 Å². The SMILES string of the molecule is CONC(=O)c1csc(CCc2cc(Cl)ccc2OCc2ccccc2)n1. The van der Waals surface area contributed by atoms with E-state index in [-0.39, 0.29) is 5.91 Å². The second-order valence-electron chi connectivity index (χ2n) is 5.79. The second kappa shape index (κ2) is 9.50. The lowest BCUT2D eigenvalue weighted by atomic mass is 10.1. The standard InChI is InChI=1S/C20H19ClN2O3S/c1-25-23-20(24)17-13-27-19(22-17)10-7-15-11-16(21)8-9-18(15)26-12-14-5-3-2-4-6-14/h2-6,8-9,11,13H,7,10,12H2,1H3,(H,23,24). The van der Waals surface area contributed by atoms with Gasteiger partial charge in [-0.1, -0.05) is 41.9 Å². The molecule has 1 amide bonds. The smallest absolute Gasteiger partial charge is 0.294 e. The van der Waals surface area contributed by atoms with Gasteiger partial charge in [-0.25, -0.2) is 10.5 Å². The monoisotopic (exact) mass is 402 g/mol. The van der Waals surface area contributed by atoms with Crippen LogP contribution in [0.2, 0.25) is 5.02 Å². The van der Waals surface area contributed by atoms with Gasteiger partial charge < -0.3 is 4.74 Å². The summed E-state index contributed by atoms with van der Waals surface area (Å²) in [6.45, 7) is 0.494. The summed E-state index contributed by atoms with van der Waals surface area (Å²) in [5.74, 6) is 0.451. The van der Waals surface area contributed by atoms with Crippen LogP contribution in [0.5, 0.6) is 5.75 Å². The molecule has 0 saturated heterocycles. The van der Waals surface area contributed by atoms with Crippen LogP contribution in [-0.2, 0) is 24.3 Å². The molecule has 7 heteroatoms. The number of aromatic nitrogens is 1. The van der Waals surface area contributed by atoms with Crippen molar-refractivity contribution >= 4 is 28.8 Å². The Morgan fingerprint density at radius 1 is 1.19 bits per heavy atom. The summed E-state index contributed by atoms with van der Waals surface area (Å²) in [5, 5.41) is 3.25. The number of hydrogen-bond acceptors (Lipinski definition) is 5. The number of ether oxygens (including phenoxy) is 1. The Balaban J connectivity index is 1.65. The molecule has 0 aliphatic rings. The molecule has 0 unspecified atom stereocenters. The van der Waals surface area contributed by atoms with Gasteiger partial charge in [0.1, 0.15) is 18.1 Å². The lowest BCUT2D eigenvalue weighted by Crippen LogP contribution is -2.22. The molecule has 0 aliphatic heterocycles. The molecule has 5 nitrogen and oxygen atoms in total. The molecule has 0 aliphatic carbocycles. The van der Waals surface area contributed by atoms with Gasteiger partial charge in [0.25, 0.3) is 5.91 Å². The van der Waals surface area contributed by atoms with E-state index in [9.17, 15) is 4.79 Å². The van der Waals surface area contributed by atoms with Gasteiger partial charge in [-0.15, -0.1) is 11.3 Å². The number of amides is 1. The zero-order valence-corrected chi connectivity index (χ0v) is 16.3. The number of benzene rings is 2. The molecule has 0 saturated carbocycles. The quantitative estimate of drug-likeness (QED) is 0.565. The molecule has 140 valence electrons. The van der Waals surface area contributed by atoms with Gasteiger partial charge >= 0.3 is 0 Å². The van der Waals surface area contributed by atoms with E-state index in [1.807, 2.05) is 48.5 Å². The molecule has 1 N–H and O–H groups in total. The maximum Gasteiger partial charge on any atom is 0.294 e. The molecule has 2 aromatic carbocycles. The minimum Gasteiger partial charge on any atom is -0.489 e. The van der Waals surface area contributed by atoms with E-state index in [1.165, 1.54) is 18.4 Å². The lowest BCUT2D eigenvalue weighted by molar-refractivity contribution is 0.0533. The Bertz CT molecular complexity index is 899. The topological polar surface area (TPSA) is 60.5 Å². The van der Waals surface area contributed by atoms with E-state index >= 15 is 0 Å². The molecular formula is C20H19ClN2O3S. The number of rotatable bonds is 8. The molecule has 0 spiro atoms. The molecule has 0 radical (unpaired) electrons. The zero-order valence-electron chi connectivity index (χ0n) is 14.8. The highest BCUT2D eigenvalue weighted by Crippen LogP contribution is 2.26. The van der Waals surface area contributed by atoms with Gasteiger partial charge in [0.15, 0.2) is 0 Å². The van der Waals surface area contributed by atoms with Crippen molar-refractivity contribution in [1.29, 1.82) is 0 Å². The van der Waals surface area contributed by atoms with Gasteiger partial charge in [-0.2, -0.15) is 0 Å². The Morgan fingerprint density at radius 3 is 2.78 bits per heavy atom. The minimum atomic E-state index is -0.352. The number of hydroxylamine groups is 1. The van der Waals surface area contributed by atoms with Crippen molar-refractivity contribution in [2.24, 2.45) is 0 Å². The van der Waals surface area contributed by atoms with Crippen molar-refractivity contribution in [3.63, 3.8) is 0 Å². The highest BCUT2D eigenvalue weighted by Gasteiger charge is 2.12.